The van der Waals surface area contributed by atoms with Gasteiger partial charge >= 0.3 is 6.09 Å². The smallest absolute Gasteiger partial charge is 0.413 e. The van der Waals surface area contributed by atoms with Gasteiger partial charge in [0.2, 0.25) is 5.91 Å². The van der Waals surface area contributed by atoms with Crippen molar-refractivity contribution < 1.29 is 19.4 Å². The van der Waals surface area contributed by atoms with Crippen molar-refractivity contribution in [1.82, 2.24) is 4.98 Å². The average molecular weight is 293 g/mol. The first-order chi connectivity index (χ1) is 9.74. The average Bonchev–Trinajstić information content (AvgIpc) is 2.66. The lowest BCUT2D eigenvalue weighted by Gasteiger charge is -2.20. The van der Waals surface area contributed by atoms with Gasteiger partial charge in [0.1, 0.15) is 17.2 Å². The second-order valence-electron chi connectivity index (χ2n) is 5.87. The first-order valence-corrected chi connectivity index (χ1v) is 6.70. The van der Waals surface area contributed by atoms with Crippen LogP contribution >= 0.6 is 0 Å². The van der Waals surface area contributed by atoms with E-state index in [0.29, 0.717) is 5.82 Å². The van der Waals surface area contributed by atoms with Crippen LogP contribution < -0.4 is 10.2 Å². The Morgan fingerprint density at radius 1 is 1.48 bits per heavy atom. The van der Waals surface area contributed by atoms with Crippen LogP contribution in [0.15, 0.2) is 18.2 Å². The molecule has 1 fully saturated rings. The van der Waals surface area contributed by atoms with Crippen LogP contribution in [0.4, 0.5) is 16.4 Å². The molecule has 1 atom stereocenters. The van der Waals surface area contributed by atoms with Crippen molar-refractivity contribution >= 4 is 23.6 Å². The fourth-order valence-electron chi connectivity index (χ4n) is 1.96. The highest BCUT2D eigenvalue weighted by molar-refractivity contribution is 5.95. The van der Waals surface area contributed by atoms with Crippen molar-refractivity contribution in [2.45, 2.75) is 38.9 Å². The number of pyridine rings is 1. The van der Waals surface area contributed by atoms with E-state index in [1.165, 1.54) is 4.90 Å². The van der Waals surface area contributed by atoms with Crippen LogP contribution in [-0.2, 0) is 9.53 Å². The molecule has 1 aliphatic heterocycles. The van der Waals surface area contributed by atoms with Crippen LogP contribution in [0.1, 0.15) is 27.2 Å². The molecule has 1 unspecified atom stereocenters. The first kappa shape index (κ1) is 15.2. The number of carbonyl (C=O) groups is 2. The summed E-state index contributed by atoms with van der Waals surface area (Å²) in [5, 5.41) is 12.0. The van der Waals surface area contributed by atoms with E-state index in [2.05, 4.69) is 10.3 Å². The van der Waals surface area contributed by atoms with Gasteiger partial charge in [0.25, 0.3) is 0 Å². The summed E-state index contributed by atoms with van der Waals surface area (Å²) in [5.41, 5.74) is -0.600. The normalized spacial score (nSPS) is 18.8. The molecule has 2 N–H and O–H groups in total. The third kappa shape index (κ3) is 4.16. The van der Waals surface area contributed by atoms with Crippen LogP contribution in [0.3, 0.4) is 0 Å². The molecule has 2 rings (SSSR count). The molecule has 2 amide bonds. The number of β-amino-alcohol motifs (C(OH)–C–C–N with tert-alkyl or cyclic N) is 1. The Labute approximate surface area is 122 Å². The minimum atomic E-state index is -0.679. The third-order valence-corrected chi connectivity index (χ3v) is 2.74. The van der Waals surface area contributed by atoms with Crippen molar-refractivity contribution in [1.29, 1.82) is 0 Å². The Bertz CT molecular complexity index is 553. The number of carbonyl (C=O) groups excluding carboxylic acids is 2. The standard InChI is InChI=1S/C14H19N3O4/c1-14(2,3)21-13(20)16-10-5-4-6-11(15-10)17-8-9(18)7-12(17)19/h4-6,9,18H,7-8H2,1-3H3,(H,15,16,20). The van der Waals surface area contributed by atoms with E-state index in [0.717, 1.165) is 0 Å². The van der Waals surface area contributed by atoms with Crippen molar-refractivity contribution in [3.63, 3.8) is 0 Å². The number of amides is 2. The van der Waals surface area contributed by atoms with Crippen molar-refractivity contribution in [3.8, 4) is 0 Å². The van der Waals surface area contributed by atoms with Crippen molar-refractivity contribution in [3.05, 3.63) is 18.2 Å². The SMILES string of the molecule is CC(C)(C)OC(=O)Nc1cccc(N2CC(O)CC2=O)n1. The molecule has 1 aliphatic rings. The quantitative estimate of drug-likeness (QED) is 0.862. The number of hydrogen-bond donors (Lipinski definition) is 2. The molecule has 0 aromatic carbocycles. The molecule has 0 aliphatic carbocycles. The minimum Gasteiger partial charge on any atom is -0.444 e. The largest absolute Gasteiger partial charge is 0.444 e. The first-order valence-electron chi connectivity index (χ1n) is 6.70. The maximum atomic E-state index is 11.7. The second kappa shape index (κ2) is 5.69. The molecule has 1 saturated heterocycles. The Balaban J connectivity index is 2.08. The topological polar surface area (TPSA) is 91.8 Å². The van der Waals surface area contributed by atoms with E-state index >= 15 is 0 Å². The lowest BCUT2D eigenvalue weighted by molar-refractivity contribution is -0.117. The van der Waals surface area contributed by atoms with Gasteiger partial charge < -0.3 is 9.84 Å². The van der Waals surface area contributed by atoms with E-state index in [4.69, 9.17) is 4.74 Å². The van der Waals surface area contributed by atoms with Gasteiger partial charge in [0.15, 0.2) is 0 Å². The number of aliphatic hydroxyl groups is 1. The van der Waals surface area contributed by atoms with Gasteiger partial charge in [0, 0.05) is 0 Å². The summed E-state index contributed by atoms with van der Waals surface area (Å²) < 4.78 is 5.13. The van der Waals surface area contributed by atoms with Gasteiger partial charge in [-0.25, -0.2) is 9.78 Å². The van der Waals surface area contributed by atoms with Crippen LogP contribution in [0.2, 0.25) is 0 Å². The number of ether oxygens (including phenoxy) is 1. The lowest BCUT2D eigenvalue weighted by Crippen LogP contribution is -2.28. The summed E-state index contributed by atoms with van der Waals surface area (Å²) in [4.78, 5) is 29.0. The van der Waals surface area contributed by atoms with Gasteiger partial charge in [0.05, 0.1) is 19.1 Å². The molecule has 114 valence electrons. The predicted octanol–water partition coefficient (Wildman–Crippen LogP) is 1.53. The molecule has 21 heavy (non-hydrogen) atoms. The maximum absolute atomic E-state index is 11.7. The Morgan fingerprint density at radius 2 is 2.19 bits per heavy atom. The fraction of sp³-hybridized carbons (Fsp3) is 0.500. The molecule has 0 saturated carbocycles. The summed E-state index contributed by atoms with van der Waals surface area (Å²) in [6, 6.07) is 4.92. The Hall–Kier alpha value is -2.15. The number of rotatable bonds is 2. The summed E-state index contributed by atoms with van der Waals surface area (Å²) in [7, 11) is 0. The maximum Gasteiger partial charge on any atom is 0.413 e. The van der Waals surface area contributed by atoms with Gasteiger partial charge in [-0.15, -0.1) is 0 Å². The number of nitrogens with zero attached hydrogens (tertiary/aromatic N) is 2. The second-order valence-corrected chi connectivity index (χ2v) is 5.87. The molecular weight excluding hydrogens is 274 g/mol. The number of aliphatic hydroxyl groups excluding tert-OH is 1. The molecular formula is C14H19N3O4. The summed E-state index contributed by atoms with van der Waals surface area (Å²) in [6.07, 6.45) is -1.20. The van der Waals surface area contributed by atoms with Crippen LogP contribution in [0.5, 0.6) is 0 Å². The molecule has 1 aromatic rings. The van der Waals surface area contributed by atoms with Crippen LogP contribution in [0, 0.1) is 0 Å². The highest BCUT2D eigenvalue weighted by Crippen LogP contribution is 2.21. The van der Waals surface area contributed by atoms with E-state index in [-0.39, 0.29) is 24.7 Å². The molecule has 0 radical (unpaired) electrons. The van der Waals surface area contributed by atoms with Gasteiger partial charge in [-0.1, -0.05) is 6.07 Å². The molecule has 7 heteroatoms. The lowest BCUT2D eigenvalue weighted by atomic mass is 10.2. The summed E-state index contributed by atoms with van der Waals surface area (Å²) in [6.45, 7) is 5.50. The molecule has 7 nitrogen and oxygen atoms in total. The number of anilines is 2. The zero-order chi connectivity index (χ0) is 15.6. The Kier molecular flexibility index (Phi) is 4.13. The summed E-state index contributed by atoms with van der Waals surface area (Å²) >= 11 is 0. The predicted molar refractivity (Wildman–Crippen MR) is 77.1 cm³/mol. The van der Waals surface area contributed by atoms with Crippen molar-refractivity contribution in [2.75, 3.05) is 16.8 Å². The van der Waals surface area contributed by atoms with E-state index < -0.39 is 17.8 Å². The van der Waals surface area contributed by atoms with Gasteiger partial charge in [-0.3, -0.25) is 15.0 Å². The van der Waals surface area contributed by atoms with E-state index in [9.17, 15) is 14.7 Å². The Morgan fingerprint density at radius 3 is 2.76 bits per heavy atom. The third-order valence-electron chi connectivity index (χ3n) is 2.74. The molecule has 1 aromatic heterocycles. The zero-order valence-corrected chi connectivity index (χ0v) is 12.3. The minimum absolute atomic E-state index is 0.0887. The van der Waals surface area contributed by atoms with Crippen molar-refractivity contribution in [2.24, 2.45) is 0 Å². The number of aromatic nitrogens is 1. The zero-order valence-electron chi connectivity index (χ0n) is 12.3. The van der Waals surface area contributed by atoms with Crippen LogP contribution in [0.25, 0.3) is 0 Å². The highest BCUT2D eigenvalue weighted by Gasteiger charge is 2.30. The summed E-state index contributed by atoms with van der Waals surface area (Å²) in [5.74, 6) is 0.491. The number of hydrogen-bond acceptors (Lipinski definition) is 5. The van der Waals surface area contributed by atoms with Gasteiger partial charge in [-0.2, -0.15) is 0 Å². The number of nitrogens with one attached hydrogen (secondary N) is 1. The van der Waals surface area contributed by atoms with Gasteiger partial charge in [-0.05, 0) is 32.9 Å². The molecule has 0 bridgehead atoms. The highest BCUT2D eigenvalue weighted by atomic mass is 16.6. The monoisotopic (exact) mass is 293 g/mol. The van der Waals surface area contributed by atoms with E-state index in [1.54, 1.807) is 39.0 Å². The van der Waals surface area contributed by atoms with Crippen LogP contribution in [-0.4, -0.2) is 40.3 Å². The molecule has 2 heterocycles. The fourth-order valence-corrected chi connectivity index (χ4v) is 1.96. The van der Waals surface area contributed by atoms with E-state index in [1.807, 2.05) is 0 Å². The molecule has 0 spiro atoms.